The minimum atomic E-state index is 0. The van der Waals surface area contributed by atoms with E-state index in [2.05, 4.69) is 68.8 Å². The van der Waals surface area contributed by atoms with Crippen LogP contribution >= 0.6 is 12.4 Å². The highest BCUT2D eigenvalue weighted by Gasteiger charge is 2.03. The maximum atomic E-state index is 8.99. The lowest BCUT2D eigenvalue weighted by Gasteiger charge is -2.15. The van der Waals surface area contributed by atoms with E-state index in [4.69, 9.17) is 10.00 Å². The third kappa shape index (κ3) is 9.86. The molecule has 0 spiro atoms. The largest absolute Gasteiger partial charge is 0.489 e. The lowest BCUT2D eigenvalue weighted by molar-refractivity contribution is 0.304. The van der Waals surface area contributed by atoms with Crippen molar-refractivity contribution in [3.8, 4) is 23.7 Å². The monoisotopic (exact) mass is 408 g/mol. The van der Waals surface area contributed by atoms with Crippen molar-refractivity contribution in [3.63, 3.8) is 0 Å². The first kappa shape index (κ1) is 24.3. The second-order valence-corrected chi connectivity index (χ2v) is 7.87. The molecule has 4 heteroatoms. The summed E-state index contributed by atoms with van der Waals surface area (Å²) in [5.74, 6) is 7.13. The Labute approximate surface area is 181 Å². The Morgan fingerprint density at radius 1 is 1.07 bits per heavy atom. The number of likely N-dealkylation sites (N-methyl/N-ethyl adjacent to an activating group) is 1. The molecular weight excluding hydrogens is 380 g/mol. The molecule has 0 bridgehead atoms. The van der Waals surface area contributed by atoms with Crippen LogP contribution in [-0.4, -0.2) is 18.5 Å². The minimum Gasteiger partial charge on any atom is -0.489 e. The Kier molecular flexibility index (Phi) is 10.0. The smallest absolute Gasteiger partial charge is 0.120 e. The van der Waals surface area contributed by atoms with E-state index in [-0.39, 0.29) is 17.8 Å². The quantitative estimate of drug-likeness (QED) is 0.559. The summed E-state index contributed by atoms with van der Waals surface area (Å²) in [6, 6.07) is 17.8. The van der Waals surface area contributed by atoms with Gasteiger partial charge in [0.25, 0.3) is 0 Å². The summed E-state index contributed by atoms with van der Waals surface area (Å²) in [5.41, 5.74) is 2.87. The van der Waals surface area contributed by atoms with Crippen molar-refractivity contribution in [2.45, 2.75) is 33.9 Å². The molecule has 0 aromatic heterocycles. The van der Waals surface area contributed by atoms with Crippen LogP contribution in [0.3, 0.4) is 0 Å². The fraction of sp³-hybridized carbons (Fsp3) is 0.320. The highest BCUT2D eigenvalue weighted by Crippen LogP contribution is 2.17. The normalized spacial score (nSPS) is 10.8. The highest BCUT2D eigenvalue weighted by atomic mass is 35.5. The maximum absolute atomic E-state index is 8.99. The van der Waals surface area contributed by atoms with Crippen molar-refractivity contribution in [2.75, 3.05) is 13.6 Å². The van der Waals surface area contributed by atoms with E-state index in [9.17, 15) is 0 Å². The SMILES string of the molecule is CN(C/C=C/C#CC(C)(C)C)Cc1cccc(OCc2cccc(C#N)c2)c1.Cl. The zero-order valence-electron chi connectivity index (χ0n) is 17.6. The number of nitrogens with zero attached hydrogens (tertiary/aromatic N) is 2. The molecule has 0 fully saturated rings. The van der Waals surface area contributed by atoms with E-state index in [1.165, 1.54) is 5.56 Å². The van der Waals surface area contributed by atoms with Crippen molar-refractivity contribution in [3.05, 3.63) is 77.4 Å². The van der Waals surface area contributed by atoms with Gasteiger partial charge in [-0.05, 0) is 69.3 Å². The van der Waals surface area contributed by atoms with Gasteiger partial charge in [-0.15, -0.1) is 12.4 Å². The van der Waals surface area contributed by atoms with Gasteiger partial charge in [0.1, 0.15) is 12.4 Å². The molecule has 0 amide bonds. The molecule has 2 rings (SSSR count). The maximum Gasteiger partial charge on any atom is 0.120 e. The number of benzene rings is 2. The average Bonchev–Trinajstić information content (AvgIpc) is 2.65. The number of ether oxygens (including phenoxy) is 1. The molecule has 0 aliphatic carbocycles. The summed E-state index contributed by atoms with van der Waals surface area (Å²) in [6.45, 7) is 8.44. The van der Waals surface area contributed by atoms with Gasteiger partial charge in [-0.3, -0.25) is 4.90 Å². The fourth-order valence-electron chi connectivity index (χ4n) is 2.56. The number of hydrogen-bond donors (Lipinski definition) is 0. The molecule has 0 aliphatic heterocycles. The van der Waals surface area contributed by atoms with Gasteiger partial charge in [0.2, 0.25) is 0 Å². The van der Waals surface area contributed by atoms with Crippen LogP contribution in [0.5, 0.6) is 5.75 Å². The first-order chi connectivity index (χ1) is 13.4. The van der Waals surface area contributed by atoms with Crippen LogP contribution in [0.25, 0.3) is 0 Å². The fourth-order valence-corrected chi connectivity index (χ4v) is 2.56. The standard InChI is InChI=1S/C25H28N2O.ClH/c1-25(2,3)14-6-5-7-15-27(4)19-22-11-9-13-24(17-22)28-20-23-12-8-10-21(16-23)18-26;/h5,7-13,16-17H,15,19-20H2,1-4H3;1H/b7-5+;. The molecule has 0 atom stereocenters. The van der Waals surface area contributed by atoms with Gasteiger partial charge in [-0.1, -0.05) is 42.2 Å². The average molecular weight is 409 g/mol. The highest BCUT2D eigenvalue weighted by molar-refractivity contribution is 5.85. The molecule has 0 N–H and O–H groups in total. The summed E-state index contributed by atoms with van der Waals surface area (Å²) < 4.78 is 5.90. The third-order valence-electron chi connectivity index (χ3n) is 3.88. The molecule has 29 heavy (non-hydrogen) atoms. The second kappa shape index (κ2) is 12.0. The Bertz CT molecular complexity index is 911. The number of hydrogen-bond acceptors (Lipinski definition) is 3. The summed E-state index contributed by atoms with van der Waals surface area (Å²) in [4.78, 5) is 2.23. The Balaban J connectivity index is 0.00000420. The van der Waals surface area contributed by atoms with Crippen LogP contribution in [0, 0.1) is 28.6 Å². The molecule has 2 aromatic carbocycles. The van der Waals surface area contributed by atoms with Crippen LogP contribution < -0.4 is 4.74 Å². The van der Waals surface area contributed by atoms with E-state index in [0.717, 1.165) is 24.4 Å². The predicted molar refractivity (Wildman–Crippen MR) is 122 cm³/mol. The van der Waals surface area contributed by atoms with Crippen LogP contribution in [0.15, 0.2) is 60.7 Å². The molecular formula is C25H29ClN2O. The summed E-state index contributed by atoms with van der Waals surface area (Å²) in [5, 5.41) is 8.99. The van der Waals surface area contributed by atoms with Crippen molar-refractivity contribution in [1.82, 2.24) is 4.90 Å². The Morgan fingerprint density at radius 3 is 2.52 bits per heavy atom. The van der Waals surface area contributed by atoms with Gasteiger partial charge in [0.15, 0.2) is 0 Å². The van der Waals surface area contributed by atoms with E-state index >= 15 is 0 Å². The lowest BCUT2D eigenvalue weighted by Crippen LogP contribution is -2.17. The van der Waals surface area contributed by atoms with Crippen LogP contribution in [0.1, 0.15) is 37.5 Å². The van der Waals surface area contributed by atoms with E-state index in [1.54, 1.807) is 6.07 Å². The van der Waals surface area contributed by atoms with Gasteiger partial charge in [0.05, 0.1) is 11.6 Å². The first-order valence-corrected chi connectivity index (χ1v) is 9.43. The molecule has 0 saturated heterocycles. The van der Waals surface area contributed by atoms with E-state index < -0.39 is 0 Å². The van der Waals surface area contributed by atoms with E-state index in [0.29, 0.717) is 12.2 Å². The second-order valence-electron chi connectivity index (χ2n) is 7.87. The van der Waals surface area contributed by atoms with Crippen LogP contribution in [0.2, 0.25) is 0 Å². The molecule has 0 radical (unpaired) electrons. The molecule has 0 heterocycles. The van der Waals surface area contributed by atoms with Crippen molar-refractivity contribution < 1.29 is 4.74 Å². The third-order valence-corrected chi connectivity index (χ3v) is 3.88. The molecule has 152 valence electrons. The van der Waals surface area contributed by atoms with Crippen molar-refractivity contribution in [1.29, 1.82) is 5.26 Å². The Morgan fingerprint density at radius 2 is 1.79 bits per heavy atom. The van der Waals surface area contributed by atoms with Gasteiger partial charge in [-0.25, -0.2) is 0 Å². The summed E-state index contributed by atoms with van der Waals surface area (Å²) in [6.07, 6.45) is 4.01. The van der Waals surface area contributed by atoms with Crippen molar-refractivity contribution >= 4 is 12.4 Å². The molecule has 0 unspecified atom stereocenters. The van der Waals surface area contributed by atoms with Crippen LogP contribution in [-0.2, 0) is 13.2 Å². The number of rotatable bonds is 7. The summed E-state index contributed by atoms with van der Waals surface area (Å²) >= 11 is 0. The summed E-state index contributed by atoms with van der Waals surface area (Å²) in [7, 11) is 2.09. The zero-order chi connectivity index (χ0) is 20.4. The zero-order valence-corrected chi connectivity index (χ0v) is 18.4. The van der Waals surface area contributed by atoms with Gasteiger partial charge < -0.3 is 4.74 Å². The number of halogens is 1. The van der Waals surface area contributed by atoms with Gasteiger partial charge in [-0.2, -0.15) is 5.26 Å². The molecule has 3 nitrogen and oxygen atoms in total. The molecule has 0 aliphatic rings. The van der Waals surface area contributed by atoms with Gasteiger partial charge >= 0.3 is 0 Å². The lowest BCUT2D eigenvalue weighted by atomic mass is 9.98. The number of nitriles is 1. The number of allylic oxidation sites excluding steroid dienone is 1. The van der Waals surface area contributed by atoms with E-state index in [1.807, 2.05) is 36.4 Å². The first-order valence-electron chi connectivity index (χ1n) is 9.43. The van der Waals surface area contributed by atoms with Gasteiger partial charge in [0, 0.05) is 18.5 Å². The predicted octanol–water partition coefficient (Wildman–Crippen LogP) is 5.60. The topological polar surface area (TPSA) is 36.3 Å². The van der Waals surface area contributed by atoms with Crippen molar-refractivity contribution in [2.24, 2.45) is 5.41 Å². The van der Waals surface area contributed by atoms with Crippen LogP contribution in [0.4, 0.5) is 0 Å². The minimum absolute atomic E-state index is 0. The molecule has 2 aromatic rings. The Hall–Kier alpha value is -2.72. The molecule has 0 saturated carbocycles.